The van der Waals surface area contributed by atoms with E-state index in [2.05, 4.69) is 39.6 Å². The summed E-state index contributed by atoms with van der Waals surface area (Å²) in [6, 6.07) is 6.19. The second-order valence-electron chi connectivity index (χ2n) is 10.1. The number of halogens is 1. The van der Waals surface area contributed by atoms with Crippen molar-refractivity contribution in [3.63, 3.8) is 0 Å². The maximum Gasteiger partial charge on any atom is 0.320 e. The van der Waals surface area contributed by atoms with Crippen LogP contribution in [0.3, 0.4) is 0 Å². The lowest BCUT2D eigenvalue weighted by atomic mass is 9.91. The van der Waals surface area contributed by atoms with E-state index in [1.807, 2.05) is 15.9 Å². The average molecular weight is 486 g/mol. The third kappa shape index (κ3) is 4.02. The van der Waals surface area contributed by atoms with E-state index >= 15 is 0 Å². The van der Waals surface area contributed by atoms with Gasteiger partial charge in [-0.05, 0) is 32.0 Å². The molecular formula is C24H32FN7O3. The van der Waals surface area contributed by atoms with Gasteiger partial charge in [0.1, 0.15) is 0 Å². The number of piperazine rings is 2. The maximum absolute atomic E-state index is 14.0. The van der Waals surface area contributed by atoms with Gasteiger partial charge in [0, 0.05) is 58.5 Å². The van der Waals surface area contributed by atoms with Crippen LogP contribution < -0.4 is 15.5 Å². The Bertz CT molecular complexity index is 1130. The molecule has 2 aromatic rings. The van der Waals surface area contributed by atoms with Crippen LogP contribution in [0.1, 0.15) is 13.8 Å². The Labute approximate surface area is 204 Å². The summed E-state index contributed by atoms with van der Waals surface area (Å²) in [5, 5.41) is 25.5. The fourth-order valence-electron chi connectivity index (χ4n) is 5.44. The molecule has 1 aromatic heterocycles. The van der Waals surface area contributed by atoms with Gasteiger partial charge in [0.25, 0.3) is 0 Å². The Morgan fingerprint density at radius 1 is 1.23 bits per heavy atom. The minimum atomic E-state index is -0.711. The third-order valence-corrected chi connectivity index (χ3v) is 7.28. The van der Waals surface area contributed by atoms with Gasteiger partial charge < -0.3 is 35.2 Å². The minimum Gasteiger partial charge on any atom is -0.504 e. The monoisotopic (exact) mass is 485 g/mol. The third-order valence-electron chi connectivity index (χ3n) is 7.28. The minimum absolute atomic E-state index is 0.0376. The Morgan fingerprint density at radius 2 is 2.06 bits per heavy atom. The van der Waals surface area contributed by atoms with Crippen LogP contribution in [0.2, 0.25) is 0 Å². The lowest BCUT2D eigenvalue weighted by Gasteiger charge is -2.55. The van der Waals surface area contributed by atoms with Crippen molar-refractivity contribution in [2.45, 2.75) is 24.9 Å². The average Bonchev–Trinajstić information content (AvgIpc) is 2.84. The molecule has 4 heterocycles. The van der Waals surface area contributed by atoms with Gasteiger partial charge >= 0.3 is 6.03 Å². The first kappa shape index (κ1) is 23.6. The molecule has 1 unspecified atom stereocenters. The zero-order valence-corrected chi connectivity index (χ0v) is 20.3. The SMILES string of the molecule is COCC12CNc3nnc(-c4cccc(F)c4O)cc3N1CCN(C(=O)N1CCNCC1(C)C)C2. The van der Waals surface area contributed by atoms with Crippen LogP contribution in [0, 0.1) is 5.82 Å². The summed E-state index contributed by atoms with van der Waals surface area (Å²) in [6.07, 6.45) is 0. The summed E-state index contributed by atoms with van der Waals surface area (Å²) in [4.78, 5) is 19.7. The molecule has 3 N–H and O–H groups in total. The Kier molecular flexibility index (Phi) is 5.92. The first-order valence-corrected chi connectivity index (χ1v) is 11.9. The maximum atomic E-state index is 14.0. The fourth-order valence-corrected chi connectivity index (χ4v) is 5.44. The molecule has 2 saturated heterocycles. The highest BCUT2D eigenvalue weighted by atomic mass is 19.1. The molecule has 10 nitrogen and oxygen atoms in total. The van der Waals surface area contributed by atoms with Gasteiger partial charge in [-0.2, -0.15) is 0 Å². The molecule has 0 spiro atoms. The smallest absolute Gasteiger partial charge is 0.320 e. The van der Waals surface area contributed by atoms with Crippen molar-refractivity contribution in [1.29, 1.82) is 0 Å². The fraction of sp³-hybridized carbons (Fsp3) is 0.542. The standard InChI is InChI=1S/C24H32FN7O3/c1-23(2)12-26-7-8-32(23)22(34)30-9-10-31-19-11-18(16-5-4-6-17(25)20(16)33)28-29-21(19)27-13-24(31,14-30)15-35-3/h4-6,11,26,33H,7-10,12-15H2,1-3H3,(H,27,29). The zero-order chi connectivity index (χ0) is 24.8. The normalized spacial score (nSPS) is 23.4. The first-order valence-electron chi connectivity index (χ1n) is 11.9. The molecule has 3 aliphatic rings. The van der Waals surface area contributed by atoms with E-state index in [1.54, 1.807) is 13.2 Å². The first-order chi connectivity index (χ1) is 16.8. The van der Waals surface area contributed by atoms with Crippen LogP contribution in [0.4, 0.5) is 20.7 Å². The number of aromatic nitrogens is 2. The number of para-hydroxylation sites is 1. The molecule has 11 heteroatoms. The summed E-state index contributed by atoms with van der Waals surface area (Å²) in [5.41, 5.74) is 0.653. The highest BCUT2D eigenvalue weighted by molar-refractivity contribution is 5.79. The predicted molar refractivity (Wildman–Crippen MR) is 130 cm³/mol. The highest BCUT2D eigenvalue weighted by Crippen LogP contribution is 2.40. The number of amides is 2. The summed E-state index contributed by atoms with van der Waals surface area (Å²) in [7, 11) is 1.66. The second kappa shape index (κ2) is 8.80. The van der Waals surface area contributed by atoms with E-state index in [-0.39, 0.29) is 17.1 Å². The molecule has 0 saturated carbocycles. The van der Waals surface area contributed by atoms with E-state index in [4.69, 9.17) is 4.74 Å². The van der Waals surface area contributed by atoms with Gasteiger partial charge in [0.15, 0.2) is 17.4 Å². The number of hydrogen-bond donors (Lipinski definition) is 3. The number of carbonyl (C=O) groups excluding carboxylic acids is 1. The molecule has 0 bridgehead atoms. The van der Waals surface area contributed by atoms with Gasteiger partial charge in [-0.1, -0.05) is 6.07 Å². The summed E-state index contributed by atoms with van der Waals surface area (Å²) >= 11 is 0. The number of nitrogens with one attached hydrogen (secondary N) is 2. The number of ether oxygens (including phenoxy) is 1. The number of phenolic OH excluding ortho intramolecular Hbond substituents is 1. The van der Waals surface area contributed by atoms with Gasteiger partial charge in [-0.25, -0.2) is 9.18 Å². The molecule has 35 heavy (non-hydrogen) atoms. The molecule has 0 aliphatic carbocycles. The lowest BCUT2D eigenvalue weighted by molar-refractivity contribution is 0.0540. The topological polar surface area (TPSA) is 106 Å². The van der Waals surface area contributed by atoms with Crippen LogP contribution in [0.5, 0.6) is 5.75 Å². The van der Waals surface area contributed by atoms with Gasteiger partial charge in [0.05, 0.1) is 29.1 Å². The summed E-state index contributed by atoms with van der Waals surface area (Å²) < 4.78 is 19.6. The van der Waals surface area contributed by atoms with Gasteiger partial charge in [-0.3, -0.25) is 0 Å². The van der Waals surface area contributed by atoms with E-state index in [0.717, 1.165) is 18.8 Å². The molecule has 2 amide bonds. The van der Waals surface area contributed by atoms with Crippen molar-refractivity contribution in [3.8, 4) is 17.0 Å². The van der Waals surface area contributed by atoms with E-state index in [0.29, 0.717) is 50.8 Å². The van der Waals surface area contributed by atoms with Crippen molar-refractivity contribution in [1.82, 2.24) is 25.3 Å². The second-order valence-corrected chi connectivity index (χ2v) is 10.1. The quantitative estimate of drug-likeness (QED) is 0.604. The number of carbonyl (C=O) groups is 1. The van der Waals surface area contributed by atoms with Crippen molar-refractivity contribution < 1.29 is 19.0 Å². The zero-order valence-electron chi connectivity index (χ0n) is 20.3. The van der Waals surface area contributed by atoms with Crippen LogP contribution in [0.15, 0.2) is 24.3 Å². The number of benzene rings is 1. The van der Waals surface area contributed by atoms with E-state index in [1.165, 1.54) is 12.1 Å². The number of phenols is 1. The number of hydrogen-bond acceptors (Lipinski definition) is 8. The summed E-state index contributed by atoms with van der Waals surface area (Å²) in [5.74, 6) is -0.557. The molecule has 1 aromatic carbocycles. The molecule has 2 fully saturated rings. The lowest BCUT2D eigenvalue weighted by Crippen LogP contribution is -2.72. The number of anilines is 2. The number of rotatable bonds is 3. The molecule has 1 atom stereocenters. The molecule has 3 aliphatic heterocycles. The van der Waals surface area contributed by atoms with Crippen molar-refractivity contribution in [3.05, 3.63) is 30.1 Å². The number of fused-ring (bicyclic) bond motifs is 3. The van der Waals surface area contributed by atoms with Crippen molar-refractivity contribution in [2.24, 2.45) is 0 Å². The van der Waals surface area contributed by atoms with Crippen molar-refractivity contribution >= 4 is 17.5 Å². The van der Waals surface area contributed by atoms with Gasteiger partial charge in [-0.15, -0.1) is 10.2 Å². The molecular weight excluding hydrogens is 453 g/mol. The summed E-state index contributed by atoms with van der Waals surface area (Å²) in [6.45, 7) is 8.90. The van der Waals surface area contributed by atoms with Crippen molar-refractivity contribution in [2.75, 3.05) is 69.7 Å². The Hall–Kier alpha value is -3.18. The Morgan fingerprint density at radius 3 is 2.83 bits per heavy atom. The van der Waals surface area contributed by atoms with Crippen LogP contribution >= 0.6 is 0 Å². The van der Waals surface area contributed by atoms with Gasteiger partial charge in [0.2, 0.25) is 0 Å². The van der Waals surface area contributed by atoms with Crippen LogP contribution in [-0.4, -0.2) is 102 Å². The number of aromatic hydroxyl groups is 1. The highest BCUT2D eigenvalue weighted by Gasteiger charge is 2.48. The predicted octanol–water partition coefficient (Wildman–Crippen LogP) is 1.72. The number of nitrogens with zero attached hydrogens (tertiary/aromatic N) is 5. The van der Waals surface area contributed by atoms with E-state index in [9.17, 15) is 14.3 Å². The van der Waals surface area contributed by atoms with E-state index < -0.39 is 17.1 Å². The van der Waals surface area contributed by atoms with Crippen LogP contribution in [-0.2, 0) is 4.74 Å². The molecule has 5 rings (SSSR count). The largest absolute Gasteiger partial charge is 0.504 e. The molecule has 188 valence electrons. The number of methoxy groups -OCH3 is 1. The van der Waals surface area contributed by atoms with Crippen LogP contribution in [0.25, 0.3) is 11.3 Å². The Balaban J connectivity index is 1.46. The molecule has 0 radical (unpaired) electrons. The number of urea groups is 1.